The number of amides is 1. The minimum atomic E-state index is 0.0322. The predicted octanol–water partition coefficient (Wildman–Crippen LogP) is 0.748. The average molecular weight is 240 g/mol. The molecule has 2 N–H and O–H groups in total. The molecule has 1 amide bonds. The summed E-state index contributed by atoms with van der Waals surface area (Å²) in [4.78, 5) is 14.5. The highest BCUT2D eigenvalue weighted by Gasteiger charge is 2.36. The van der Waals surface area contributed by atoms with E-state index in [0.717, 1.165) is 45.2 Å². The molecule has 2 aliphatic heterocycles. The van der Waals surface area contributed by atoms with E-state index in [9.17, 15) is 4.79 Å². The van der Waals surface area contributed by atoms with Crippen molar-refractivity contribution in [3.05, 3.63) is 0 Å². The second kappa shape index (κ2) is 5.83. The lowest BCUT2D eigenvalue weighted by atomic mass is 10.0. The van der Waals surface area contributed by atoms with E-state index in [2.05, 4.69) is 17.1 Å². The molecule has 17 heavy (non-hydrogen) atoms. The third-order valence-electron chi connectivity index (χ3n) is 4.15. The second-order valence-corrected chi connectivity index (χ2v) is 5.39. The molecule has 4 heteroatoms. The van der Waals surface area contributed by atoms with E-state index in [0.29, 0.717) is 12.0 Å². The Labute approximate surface area is 103 Å². The minimum Gasteiger partial charge on any atom is -0.396 e. The van der Waals surface area contributed by atoms with E-state index < -0.39 is 0 Å². The van der Waals surface area contributed by atoms with E-state index in [-0.39, 0.29) is 18.6 Å². The van der Waals surface area contributed by atoms with Gasteiger partial charge in [0.1, 0.15) is 0 Å². The lowest BCUT2D eigenvalue weighted by Gasteiger charge is -2.28. The predicted molar refractivity (Wildman–Crippen MR) is 66.6 cm³/mol. The summed E-state index contributed by atoms with van der Waals surface area (Å²) in [5.74, 6) is 0.747. The van der Waals surface area contributed by atoms with E-state index in [1.165, 1.54) is 0 Å². The van der Waals surface area contributed by atoms with Gasteiger partial charge in [0.25, 0.3) is 0 Å². The zero-order chi connectivity index (χ0) is 12.3. The van der Waals surface area contributed by atoms with Crippen LogP contribution in [0.15, 0.2) is 0 Å². The molecule has 2 aliphatic rings. The van der Waals surface area contributed by atoms with Crippen LogP contribution in [0.1, 0.15) is 39.0 Å². The zero-order valence-electron chi connectivity index (χ0n) is 10.7. The van der Waals surface area contributed by atoms with Crippen molar-refractivity contribution < 1.29 is 9.90 Å². The van der Waals surface area contributed by atoms with E-state index in [4.69, 9.17) is 5.11 Å². The summed E-state index contributed by atoms with van der Waals surface area (Å²) in [5, 5.41) is 12.2. The molecule has 0 aromatic carbocycles. The van der Waals surface area contributed by atoms with Crippen LogP contribution >= 0.6 is 0 Å². The Morgan fingerprint density at radius 2 is 2.29 bits per heavy atom. The fraction of sp³-hybridized carbons (Fsp3) is 0.923. The number of carbonyl (C=O) groups excluding carboxylic acids is 1. The molecule has 2 rings (SSSR count). The largest absolute Gasteiger partial charge is 0.396 e. The Morgan fingerprint density at radius 3 is 2.94 bits per heavy atom. The summed E-state index contributed by atoms with van der Waals surface area (Å²) in [5.41, 5.74) is 0. The monoisotopic (exact) mass is 240 g/mol. The van der Waals surface area contributed by atoms with Crippen molar-refractivity contribution >= 4 is 5.91 Å². The van der Waals surface area contributed by atoms with Crippen LogP contribution in [-0.4, -0.2) is 47.7 Å². The quantitative estimate of drug-likeness (QED) is 0.762. The highest BCUT2D eigenvalue weighted by atomic mass is 16.3. The molecule has 0 spiro atoms. The standard InChI is InChI=1S/C13H24N2O2/c1-10-6-7-14-12(10)13(17)15-8-2-4-11(15)5-3-9-16/h10-12,14,16H,2-9H2,1H3. The number of nitrogens with one attached hydrogen (secondary N) is 1. The first-order valence-electron chi connectivity index (χ1n) is 6.88. The number of hydrogen-bond donors (Lipinski definition) is 2. The first-order valence-corrected chi connectivity index (χ1v) is 6.88. The molecule has 4 nitrogen and oxygen atoms in total. The van der Waals surface area contributed by atoms with Crippen molar-refractivity contribution in [2.45, 2.75) is 51.1 Å². The van der Waals surface area contributed by atoms with Crippen LogP contribution in [0.5, 0.6) is 0 Å². The van der Waals surface area contributed by atoms with Crippen molar-refractivity contribution in [2.75, 3.05) is 19.7 Å². The number of aliphatic hydroxyl groups excluding tert-OH is 1. The number of aliphatic hydroxyl groups is 1. The van der Waals surface area contributed by atoms with Gasteiger partial charge in [0, 0.05) is 19.2 Å². The zero-order valence-corrected chi connectivity index (χ0v) is 10.7. The molecule has 0 radical (unpaired) electrons. The van der Waals surface area contributed by atoms with Gasteiger partial charge in [-0.2, -0.15) is 0 Å². The Bertz CT molecular complexity index is 270. The summed E-state index contributed by atoms with van der Waals surface area (Å²) < 4.78 is 0. The summed E-state index contributed by atoms with van der Waals surface area (Å²) in [6, 6.07) is 0.397. The normalized spacial score (nSPS) is 33.3. The topological polar surface area (TPSA) is 52.6 Å². The molecule has 2 heterocycles. The molecule has 3 atom stereocenters. The smallest absolute Gasteiger partial charge is 0.240 e. The molecular weight excluding hydrogens is 216 g/mol. The molecule has 0 aliphatic carbocycles. The minimum absolute atomic E-state index is 0.0322. The van der Waals surface area contributed by atoms with Crippen LogP contribution in [0.2, 0.25) is 0 Å². The van der Waals surface area contributed by atoms with Gasteiger partial charge in [-0.05, 0) is 44.6 Å². The van der Waals surface area contributed by atoms with Crippen LogP contribution < -0.4 is 5.32 Å². The Balaban J connectivity index is 1.93. The fourth-order valence-corrected chi connectivity index (χ4v) is 3.10. The van der Waals surface area contributed by atoms with Crippen LogP contribution in [-0.2, 0) is 4.79 Å². The molecule has 0 aromatic heterocycles. The highest BCUT2D eigenvalue weighted by molar-refractivity contribution is 5.83. The first kappa shape index (κ1) is 12.8. The van der Waals surface area contributed by atoms with Gasteiger partial charge in [0.15, 0.2) is 0 Å². The van der Waals surface area contributed by atoms with Crippen LogP contribution in [0, 0.1) is 5.92 Å². The van der Waals surface area contributed by atoms with Gasteiger partial charge in [0.2, 0.25) is 5.91 Å². The van der Waals surface area contributed by atoms with Gasteiger partial charge in [0.05, 0.1) is 6.04 Å². The van der Waals surface area contributed by atoms with Crippen LogP contribution in [0.3, 0.4) is 0 Å². The first-order chi connectivity index (χ1) is 8.24. The van der Waals surface area contributed by atoms with Crippen molar-refractivity contribution in [3.63, 3.8) is 0 Å². The van der Waals surface area contributed by atoms with E-state index in [1.807, 2.05) is 0 Å². The lowest BCUT2D eigenvalue weighted by Crippen LogP contribution is -2.47. The third kappa shape index (κ3) is 2.80. The fourth-order valence-electron chi connectivity index (χ4n) is 3.10. The number of likely N-dealkylation sites (tertiary alicyclic amines) is 1. The van der Waals surface area contributed by atoms with Gasteiger partial charge in [-0.15, -0.1) is 0 Å². The lowest BCUT2D eigenvalue weighted by molar-refractivity contribution is -0.134. The molecule has 3 unspecified atom stereocenters. The maximum Gasteiger partial charge on any atom is 0.240 e. The Hall–Kier alpha value is -0.610. The SMILES string of the molecule is CC1CCNC1C(=O)N1CCCC1CCCO. The van der Waals surface area contributed by atoms with Crippen molar-refractivity contribution in [3.8, 4) is 0 Å². The Morgan fingerprint density at radius 1 is 1.47 bits per heavy atom. The molecule has 2 fully saturated rings. The third-order valence-corrected chi connectivity index (χ3v) is 4.15. The van der Waals surface area contributed by atoms with Gasteiger partial charge in [-0.3, -0.25) is 4.79 Å². The number of carbonyl (C=O) groups is 1. The van der Waals surface area contributed by atoms with Gasteiger partial charge in [-0.1, -0.05) is 6.92 Å². The van der Waals surface area contributed by atoms with Crippen molar-refractivity contribution in [1.82, 2.24) is 10.2 Å². The maximum absolute atomic E-state index is 12.4. The molecule has 0 aromatic rings. The molecule has 2 saturated heterocycles. The number of hydrogen-bond acceptors (Lipinski definition) is 3. The van der Waals surface area contributed by atoms with Gasteiger partial charge >= 0.3 is 0 Å². The average Bonchev–Trinajstić information content (AvgIpc) is 2.94. The number of rotatable bonds is 4. The highest BCUT2D eigenvalue weighted by Crippen LogP contribution is 2.25. The second-order valence-electron chi connectivity index (χ2n) is 5.39. The van der Waals surface area contributed by atoms with E-state index >= 15 is 0 Å². The number of nitrogens with zero attached hydrogens (tertiary/aromatic N) is 1. The summed E-state index contributed by atoms with van der Waals surface area (Å²) >= 11 is 0. The van der Waals surface area contributed by atoms with Crippen LogP contribution in [0.4, 0.5) is 0 Å². The molecule has 0 bridgehead atoms. The maximum atomic E-state index is 12.4. The van der Waals surface area contributed by atoms with Crippen LogP contribution in [0.25, 0.3) is 0 Å². The molecular formula is C13H24N2O2. The van der Waals surface area contributed by atoms with Crippen molar-refractivity contribution in [2.24, 2.45) is 5.92 Å². The van der Waals surface area contributed by atoms with Gasteiger partial charge < -0.3 is 15.3 Å². The summed E-state index contributed by atoms with van der Waals surface area (Å²) in [7, 11) is 0. The molecule has 98 valence electrons. The summed E-state index contributed by atoms with van der Waals surface area (Å²) in [6.07, 6.45) is 5.08. The van der Waals surface area contributed by atoms with Gasteiger partial charge in [-0.25, -0.2) is 0 Å². The Kier molecular flexibility index (Phi) is 4.40. The molecule has 0 saturated carbocycles. The van der Waals surface area contributed by atoms with E-state index in [1.54, 1.807) is 0 Å². The summed E-state index contributed by atoms with van der Waals surface area (Å²) in [6.45, 7) is 4.25. The van der Waals surface area contributed by atoms with Crippen molar-refractivity contribution in [1.29, 1.82) is 0 Å².